The van der Waals surface area contributed by atoms with E-state index in [1.807, 2.05) is 59.2 Å². The number of ether oxygens (including phenoxy) is 1. The second kappa shape index (κ2) is 11.4. The van der Waals surface area contributed by atoms with Crippen molar-refractivity contribution in [2.75, 3.05) is 0 Å². The number of aromatic nitrogens is 3. The second-order valence-electron chi connectivity index (χ2n) is 10.3. The van der Waals surface area contributed by atoms with E-state index in [-0.39, 0.29) is 12.2 Å². The minimum absolute atomic E-state index is 0.198. The fourth-order valence-corrected chi connectivity index (χ4v) is 5.79. The maximum atomic E-state index is 11.6. The number of nitrogens with zero attached hydrogens (tertiary/aromatic N) is 4. The Morgan fingerprint density at radius 2 is 1.68 bits per heavy atom. The van der Waals surface area contributed by atoms with Gasteiger partial charge < -0.3 is 9.84 Å². The summed E-state index contributed by atoms with van der Waals surface area (Å²) in [5, 5.41) is 24.2. The summed E-state index contributed by atoms with van der Waals surface area (Å²) in [7, 11) is 0. The smallest absolute Gasteiger partial charge is 0.335 e. The zero-order chi connectivity index (χ0) is 28.3. The third-order valence-corrected chi connectivity index (χ3v) is 8.00. The maximum Gasteiger partial charge on any atom is 0.335 e. The third-order valence-electron chi connectivity index (χ3n) is 7.74. The van der Waals surface area contributed by atoms with Crippen LogP contribution in [0.25, 0.3) is 27.9 Å². The standard InChI is InChI=1S/C33H27ClN4O3/c34-27-11-6-21(7-12-27)29-15-10-24(33(39)40)16-25(29)20-41-28-13-8-22(9-14-28)30-19-36-32-26(17-35)18-37-38(32)31(30)23-4-2-1-3-5-23/h6-16,18-19,23H,1-5,20H2,(H,39,40). The highest BCUT2D eigenvalue weighted by molar-refractivity contribution is 6.30. The van der Waals surface area contributed by atoms with Gasteiger partial charge in [-0.1, -0.05) is 61.2 Å². The summed E-state index contributed by atoms with van der Waals surface area (Å²) >= 11 is 6.07. The van der Waals surface area contributed by atoms with Crippen molar-refractivity contribution in [2.24, 2.45) is 0 Å². The maximum absolute atomic E-state index is 11.6. The second-order valence-corrected chi connectivity index (χ2v) is 10.7. The highest BCUT2D eigenvalue weighted by Crippen LogP contribution is 2.38. The first-order chi connectivity index (χ1) is 20.0. The van der Waals surface area contributed by atoms with Crippen LogP contribution in [0.2, 0.25) is 5.02 Å². The molecule has 2 heterocycles. The lowest BCUT2D eigenvalue weighted by atomic mass is 9.84. The summed E-state index contributed by atoms with van der Waals surface area (Å²) < 4.78 is 8.00. The van der Waals surface area contributed by atoms with E-state index >= 15 is 0 Å². The number of hydrogen-bond donors (Lipinski definition) is 1. The van der Waals surface area contributed by atoms with Crippen LogP contribution in [0.1, 0.15) is 65.2 Å². The predicted molar refractivity (Wildman–Crippen MR) is 157 cm³/mol. The van der Waals surface area contributed by atoms with Gasteiger partial charge in [-0.05, 0) is 71.5 Å². The monoisotopic (exact) mass is 562 g/mol. The topological polar surface area (TPSA) is 101 Å². The van der Waals surface area contributed by atoms with Gasteiger partial charge in [0.2, 0.25) is 0 Å². The van der Waals surface area contributed by atoms with Crippen molar-refractivity contribution in [3.63, 3.8) is 0 Å². The van der Waals surface area contributed by atoms with Crippen molar-refractivity contribution in [3.05, 3.63) is 107 Å². The summed E-state index contributed by atoms with van der Waals surface area (Å²) in [6, 6.07) is 22.5. The molecule has 0 spiro atoms. The quantitative estimate of drug-likeness (QED) is 0.216. The fourth-order valence-electron chi connectivity index (χ4n) is 5.67. The molecule has 5 aromatic rings. The van der Waals surface area contributed by atoms with Gasteiger partial charge >= 0.3 is 5.97 Å². The number of carbonyl (C=O) groups is 1. The first kappa shape index (κ1) is 26.5. The molecule has 1 saturated carbocycles. The average molecular weight is 563 g/mol. The number of aromatic carboxylic acids is 1. The molecule has 2 aromatic heterocycles. The van der Waals surface area contributed by atoms with Crippen LogP contribution in [0, 0.1) is 11.3 Å². The molecule has 1 aliphatic rings. The van der Waals surface area contributed by atoms with Gasteiger partial charge in [-0.15, -0.1) is 0 Å². The summed E-state index contributed by atoms with van der Waals surface area (Å²) in [5.41, 5.74) is 6.94. The molecule has 1 fully saturated rings. The molecule has 6 rings (SSSR count). The first-order valence-corrected chi connectivity index (χ1v) is 14.0. The minimum atomic E-state index is -0.989. The van der Waals surface area contributed by atoms with E-state index in [2.05, 4.69) is 16.2 Å². The Labute approximate surface area is 242 Å². The van der Waals surface area contributed by atoms with Crippen LogP contribution in [-0.2, 0) is 6.61 Å². The van der Waals surface area contributed by atoms with Crippen molar-refractivity contribution in [3.8, 4) is 34.1 Å². The molecular weight excluding hydrogens is 536 g/mol. The predicted octanol–water partition coefficient (Wildman–Crippen LogP) is 7.91. The normalized spacial score (nSPS) is 13.7. The molecule has 0 unspecified atom stereocenters. The molecule has 0 saturated heterocycles. The van der Waals surface area contributed by atoms with Gasteiger partial charge in [0.05, 0.1) is 17.5 Å². The van der Waals surface area contributed by atoms with Gasteiger partial charge in [0.1, 0.15) is 24.0 Å². The third kappa shape index (κ3) is 5.39. The number of fused-ring (bicyclic) bond motifs is 1. The molecule has 3 aromatic carbocycles. The van der Waals surface area contributed by atoms with Gasteiger partial charge in [0, 0.05) is 22.7 Å². The van der Waals surface area contributed by atoms with Gasteiger partial charge in [-0.3, -0.25) is 0 Å². The van der Waals surface area contributed by atoms with Crippen LogP contribution in [-0.4, -0.2) is 25.7 Å². The average Bonchev–Trinajstić information content (AvgIpc) is 3.44. The van der Waals surface area contributed by atoms with Crippen LogP contribution < -0.4 is 4.74 Å². The van der Waals surface area contributed by atoms with E-state index in [4.69, 9.17) is 16.3 Å². The number of carboxylic acid groups (broad SMARTS) is 1. The molecule has 0 aliphatic heterocycles. The number of carboxylic acids is 1. The summed E-state index contributed by atoms with van der Waals surface area (Å²) in [6.45, 7) is 0.198. The van der Waals surface area contributed by atoms with Crippen LogP contribution in [0.4, 0.5) is 0 Å². The van der Waals surface area contributed by atoms with Crippen LogP contribution >= 0.6 is 11.6 Å². The Hall–Kier alpha value is -4.67. The van der Waals surface area contributed by atoms with Crippen LogP contribution in [0.3, 0.4) is 0 Å². The van der Waals surface area contributed by atoms with Gasteiger partial charge in [-0.25, -0.2) is 14.3 Å². The van der Waals surface area contributed by atoms with Crippen molar-refractivity contribution >= 4 is 23.2 Å². The molecule has 1 aliphatic carbocycles. The summed E-state index contributed by atoms with van der Waals surface area (Å²) in [6.07, 6.45) is 9.20. The first-order valence-electron chi connectivity index (χ1n) is 13.6. The molecule has 0 radical (unpaired) electrons. The Kier molecular flexibility index (Phi) is 7.41. The molecule has 204 valence electrons. The number of benzene rings is 3. The van der Waals surface area contributed by atoms with Crippen LogP contribution in [0.5, 0.6) is 5.75 Å². The molecule has 7 nitrogen and oxygen atoms in total. The lowest BCUT2D eigenvalue weighted by Crippen LogP contribution is -2.12. The van der Waals surface area contributed by atoms with Crippen molar-refractivity contribution < 1.29 is 14.6 Å². The molecule has 0 bridgehead atoms. The Morgan fingerprint density at radius 3 is 2.39 bits per heavy atom. The molecule has 41 heavy (non-hydrogen) atoms. The number of rotatable bonds is 7. The lowest BCUT2D eigenvalue weighted by molar-refractivity contribution is 0.0696. The lowest BCUT2D eigenvalue weighted by Gasteiger charge is -2.25. The Bertz CT molecular complexity index is 1770. The Balaban J connectivity index is 1.29. The van der Waals surface area contributed by atoms with Crippen molar-refractivity contribution in [1.29, 1.82) is 5.26 Å². The van der Waals surface area contributed by atoms with E-state index in [0.29, 0.717) is 27.9 Å². The van der Waals surface area contributed by atoms with E-state index < -0.39 is 5.97 Å². The van der Waals surface area contributed by atoms with Crippen LogP contribution in [0.15, 0.2) is 79.1 Å². The molecule has 1 N–H and O–H groups in total. The van der Waals surface area contributed by atoms with E-state index in [1.54, 1.807) is 24.4 Å². The largest absolute Gasteiger partial charge is 0.489 e. The fraction of sp³-hybridized carbons (Fsp3) is 0.212. The highest BCUT2D eigenvalue weighted by atomic mass is 35.5. The SMILES string of the molecule is N#Cc1cnn2c(C3CCCCC3)c(-c3ccc(OCc4cc(C(=O)O)ccc4-c4ccc(Cl)cc4)cc3)cnc12. The molecule has 0 amide bonds. The van der Waals surface area contributed by atoms with Crippen molar-refractivity contribution in [1.82, 2.24) is 14.6 Å². The molecule has 0 atom stereocenters. The number of hydrogen-bond acceptors (Lipinski definition) is 5. The Morgan fingerprint density at radius 1 is 0.976 bits per heavy atom. The highest BCUT2D eigenvalue weighted by Gasteiger charge is 2.24. The molecular formula is C33H27ClN4O3. The van der Waals surface area contributed by atoms with Gasteiger partial charge in [-0.2, -0.15) is 10.4 Å². The zero-order valence-corrected chi connectivity index (χ0v) is 23.0. The van der Waals surface area contributed by atoms with E-state index in [9.17, 15) is 15.2 Å². The van der Waals surface area contributed by atoms with E-state index in [0.717, 1.165) is 46.4 Å². The number of nitriles is 1. The summed E-state index contributed by atoms with van der Waals surface area (Å²) in [4.78, 5) is 16.2. The van der Waals surface area contributed by atoms with E-state index in [1.165, 1.54) is 19.3 Å². The molecule has 8 heteroatoms. The van der Waals surface area contributed by atoms with Gasteiger partial charge in [0.25, 0.3) is 0 Å². The zero-order valence-electron chi connectivity index (χ0n) is 22.3. The van der Waals surface area contributed by atoms with Crippen molar-refractivity contribution in [2.45, 2.75) is 44.6 Å². The number of halogens is 1. The minimum Gasteiger partial charge on any atom is -0.489 e. The van der Waals surface area contributed by atoms with Gasteiger partial charge in [0.15, 0.2) is 5.65 Å². The summed E-state index contributed by atoms with van der Waals surface area (Å²) in [5.74, 6) is 0.0201.